The molecule has 1 N–H and O–H groups in total. The van der Waals surface area contributed by atoms with E-state index in [0.29, 0.717) is 34.9 Å². The summed E-state index contributed by atoms with van der Waals surface area (Å²) in [5.74, 6) is 0.311. The number of fused-ring (bicyclic) bond motifs is 1. The summed E-state index contributed by atoms with van der Waals surface area (Å²) in [7, 11) is 1.63. The maximum absolute atomic E-state index is 12.7. The Hall–Kier alpha value is -2.06. The van der Waals surface area contributed by atoms with E-state index in [-0.39, 0.29) is 5.91 Å². The fourth-order valence-electron chi connectivity index (χ4n) is 2.69. The van der Waals surface area contributed by atoms with Crippen molar-refractivity contribution in [2.75, 3.05) is 19.0 Å². The van der Waals surface area contributed by atoms with Crippen LogP contribution in [0.2, 0.25) is 0 Å². The number of hydrogen-bond donors (Lipinski definition) is 1. The summed E-state index contributed by atoms with van der Waals surface area (Å²) in [6.45, 7) is 5.77. The van der Waals surface area contributed by atoms with Gasteiger partial charge in [0.05, 0.1) is 12.1 Å². The van der Waals surface area contributed by atoms with Crippen molar-refractivity contribution in [2.45, 2.75) is 26.9 Å². The van der Waals surface area contributed by atoms with Crippen molar-refractivity contribution in [1.82, 2.24) is 14.3 Å². The van der Waals surface area contributed by atoms with Crippen molar-refractivity contribution in [3.05, 3.63) is 34.3 Å². The van der Waals surface area contributed by atoms with Gasteiger partial charge in [-0.25, -0.2) is 0 Å². The second kappa shape index (κ2) is 6.82. The highest BCUT2D eigenvalue weighted by molar-refractivity contribution is 9.10. The summed E-state index contributed by atoms with van der Waals surface area (Å²) in [6.07, 6.45) is 0. The molecule has 0 spiro atoms. The van der Waals surface area contributed by atoms with Crippen molar-refractivity contribution in [2.24, 2.45) is 0 Å². The molecule has 0 unspecified atom stereocenters. The molecule has 24 heavy (non-hydrogen) atoms. The lowest BCUT2D eigenvalue weighted by atomic mass is 10.3. The molecule has 0 bridgehead atoms. The SMILES string of the molecule is CCn1nc(NC(=O)c2cc3oc(Br)cc3n2CCOC)cc1C. The van der Waals surface area contributed by atoms with Crippen LogP contribution in [0.15, 0.2) is 27.3 Å². The number of carbonyl (C=O) groups excluding carboxylic acids is 1. The van der Waals surface area contributed by atoms with E-state index in [0.717, 1.165) is 17.8 Å². The Bertz CT molecular complexity index is 878. The van der Waals surface area contributed by atoms with Gasteiger partial charge in [0.15, 0.2) is 16.1 Å². The van der Waals surface area contributed by atoms with Crippen LogP contribution in [0.25, 0.3) is 11.1 Å². The van der Waals surface area contributed by atoms with E-state index in [9.17, 15) is 4.79 Å². The largest absolute Gasteiger partial charge is 0.448 e. The molecule has 0 fully saturated rings. The Balaban J connectivity index is 1.91. The molecule has 1 amide bonds. The van der Waals surface area contributed by atoms with Crippen LogP contribution in [0, 0.1) is 6.92 Å². The van der Waals surface area contributed by atoms with Gasteiger partial charge in [0, 0.05) is 44.1 Å². The van der Waals surface area contributed by atoms with E-state index < -0.39 is 0 Å². The van der Waals surface area contributed by atoms with Gasteiger partial charge in [0.1, 0.15) is 5.69 Å². The average molecular weight is 395 g/mol. The molecular weight excluding hydrogens is 376 g/mol. The maximum atomic E-state index is 12.7. The van der Waals surface area contributed by atoms with Crippen LogP contribution in [0.4, 0.5) is 5.82 Å². The number of ether oxygens (including phenoxy) is 1. The Morgan fingerprint density at radius 3 is 2.88 bits per heavy atom. The quantitative estimate of drug-likeness (QED) is 0.694. The van der Waals surface area contributed by atoms with Gasteiger partial charge in [-0.05, 0) is 29.8 Å². The number of aromatic nitrogens is 3. The fourth-order valence-corrected chi connectivity index (χ4v) is 3.09. The number of anilines is 1. The molecule has 3 aromatic rings. The lowest BCUT2D eigenvalue weighted by Crippen LogP contribution is -2.18. The van der Waals surface area contributed by atoms with Gasteiger partial charge >= 0.3 is 0 Å². The van der Waals surface area contributed by atoms with Crippen molar-refractivity contribution in [3.63, 3.8) is 0 Å². The van der Waals surface area contributed by atoms with Gasteiger partial charge in [-0.15, -0.1) is 0 Å². The number of methoxy groups -OCH3 is 1. The summed E-state index contributed by atoms with van der Waals surface area (Å²) < 4.78 is 15.1. The third-order valence-electron chi connectivity index (χ3n) is 3.83. The molecule has 0 saturated heterocycles. The monoisotopic (exact) mass is 394 g/mol. The Morgan fingerprint density at radius 2 is 2.21 bits per heavy atom. The first-order valence-corrected chi connectivity index (χ1v) is 8.46. The number of furan rings is 1. The minimum absolute atomic E-state index is 0.227. The predicted octanol–water partition coefficient (Wildman–Crippen LogP) is 3.42. The number of nitrogens with one attached hydrogen (secondary N) is 1. The number of hydrogen-bond acceptors (Lipinski definition) is 4. The van der Waals surface area contributed by atoms with Crippen molar-refractivity contribution < 1.29 is 13.9 Å². The molecule has 0 radical (unpaired) electrons. The molecule has 3 rings (SSSR count). The van der Waals surface area contributed by atoms with Crippen LogP contribution in [-0.2, 0) is 17.8 Å². The van der Waals surface area contributed by atoms with Crippen molar-refractivity contribution >= 4 is 38.8 Å². The topological polar surface area (TPSA) is 74.2 Å². The average Bonchev–Trinajstić information content (AvgIpc) is 3.17. The number of aryl methyl sites for hydroxylation is 2. The van der Waals surface area contributed by atoms with E-state index in [2.05, 4.69) is 26.3 Å². The van der Waals surface area contributed by atoms with E-state index in [1.54, 1.807) is 13.2 Å². The van der Waals surface area contributed by atoms with E-state index in [1.165, 1.54) is 0 Å². The van der Waals surface area contributed by atoms with Crippen molar-refractivity contribution in [1.29, 1.82) is 0 Å². The minimum atomic E-state index is -0.227. The number of amides is 1. The molecule has 0 atom stereocenters. The molecular formula is C16H19BrN4O3. The maximum Gasteiger partial charge on any atom is 0.273 e. The normalized spacial score (nSPS) is 11.3. The minimum Gasteiger partial charge on any atom is -0.448 e. The van der Waals surface area contributed by atoms with Gasteiger partial charge < -0.3 is 19.0 Å². The molecule has 3 heterocycles. The third kappa shape index (κ3) is 3.11. The number of nitrogens with zero attached hydrogens (tertiary/aromatic N) is 3. The molecule has 0 aliphatic carbocycles. The van der Waals surface area contributed by atoms with Gasteiger partial charge in [0.25, 0.3) is 5.91 Å². The second-order valence-electron chi connectivity index (χ2n) is 5.41. The molecule has 8 heteroatoms. The number of halogens is 1. The Kier molecular flexibility index (Phi) is 4.77. The van der Waals surface area contributed by atoms with Crippen LogP contribution in [-0.4, -0.2) is 34.0 Å². The van der Waals surface area contributed by atoms with E-state index in [1.807, 2.05) is 35.2 Å². The van der Waals surface area contributed by atoms with E-state index in [4.69, 9.17) is 9.15 Å². The zero-order valence-corrected chi connectivity index (χ0v) is 15.4. The van der Waals surface area contributed by atoms with Crippen LogP contribution in [0.3, 0.4) is 0 Å². The van der Waals surface area contributed by atoms with Gasteiger partial charge in [-0.2, -0.15) is 5.10 Å². The first kappa shape index (κ1) is 16.8. The summed E-state index contributed by atoms with van der Waals surface area (Å²) in [5.41, 5.74) is 3.01. The summed E-state index contributed by atoms with van der Waals surface area (Å²) in [5, 5.41) is 7.21. The standard InChI is InChI=1S/C16H19BrN4O3/c1-4-21-10(2)7-15(19-21)18-16(22)12-8-13-11(9-14(17)24-13)20(12)5-6-23-3/h7-9H,4-6H2,1-3H3,(H,18,19,22). The third-order valence-corrected chi connectivity index (χ3v) is 4.22. The second-order valence-corrected chi connectivity index (χ2v) is 6.20. The highest BCUT2D eigenvalue weighted by Crippen LogP contribution is 2.27. The van der Waals surface area contributed by atoms with Crippen LogP contribution in [0.1, 0.15) is 23.1 Å². The molecule has 3 aromatic heterocycles. The zero-order chi connectivity index (χ0) is 17.3. The molecule has 7 nitrogen and oxygen atoms in total. The Labute approximate surface area is 147 Å². The molecule has 128 valence electrons. The van der Waals surface area contributed by atoms with Crippen LogP contribution in [0.5, 0.6) is 0 Å². The van der Waals surface area contributed by atoms with E-state index >= 15 is 0 Å². The van der Waals surface area contributed by atoms with Crippen molar-refractivity contribution in [3.8, 4) is 0 Å². The van der Waals surface area contributed by atoms with Gasteiger partial charge in [0.2, 0.25) is 0 Å². The predicted molar refractivity (Wildman–Crippen MR) is 94.4 cm³/mol. The lowest BCUT2D eigenvalue weighted by molar-refractivity contribution is 0.101. The summed E-state index contributed by atoms with van der Waals surface area (Å²) in [4.78, 5) is 12.7. The molecule has 0 aliphatic rings. The van der Waals surface area contributed by atoms with Gasteiger partial charge in [-0.1, -0.05) is 0 Å². The number of rotatable bonds is 6. The summed E-state index contributed by atoms with van der Waals surface area (Å²) in [6, 6.07) is 5.43. The first-order chi connectivity index (χ1) is 11.5. The smallest absolute Gasteiger partial charge is 0.273 e. The molecule has 0 saturated carbocycles. The first-order valence-electron chi connectivity index (χ1n) is 7.66. The Morgan fingerprint density at radius 1 is 1.42 bits per heavy atom. The van der Waals surface area contributed by atoms with Crippen LogP contribution >= 0.6 is 15.9 Å². The number of carbonyl (C=O) groups is 1. The fraction of sp³-hybridized carbons (Fsp3) is 0.375. The highest BCUT2D eigenvalue weighted by Gasteiger charge is 2.19. The molecule has 0 aliphatic heterocycles. The van der Waals surface area contributed by atoms with Gasteiger partial charge in [-0.3, -0.25) is 9.48 Å². The van der Waals surface area contributed by atoms with Crippen LogP contribution < -0.4 is 5.32 Å². The highest BCUT2D eigenvalue weighted by atomic mass is 79.9. The molecule has 0 aromatic carbocycles. The zero-order valence-electron chi connectivity index (χ0n) is 13.8. The summed E-state index contributed by atoms with van der Waals surface area (Å²) >= 11 is 3.32. The lowest BCUT2D eigenvalue weighted by Gasteiger charge is -2.09.